The molecule has 3 N–H and O–H groups in total. The fraction of sp³-hybridized carbons (Fsp3) is 1.00. The summed E-state index contributed by atoms with van der Waals surface area (Å²) in [5.74, 6) is 0.580. The fourth-order valence-corrected chi connectivity index (χ4v) is 1.93. The van der Waals surface area contributed by atoms with Gasteiger partial charge in [-0.25, -0.2) is 0 Å². The van der Waals surface area contributed by atoms with E-state index in [2.05, 4.69) is 33.0 Å². The molecular weight excluding hydrogens is 202 g/mol. The molecule has 0 rings (SSSR count). The van der Waals surface area contributed by atoms with E-state index in [9.17, 15) is 10.2 Å². The molecule has 0 saturated heterocycles. The van der Waals surface area contributed by atoms with Crippen molar-refractivity contribution in [2.45, 2.75) is 53.0 Å². The maximum Gasteiger partial charge on any atom is 0.0584 e. The third kappa shape index (κ3) is 5.28. The summed E-state index contributed by atoms with van der Waals surface area (Å²) in [7, 11) is 0. The van der Waals surface area contributed by atoms with Crippen molar-refractivity contribution in [3.8, 4) is 0 Å². The van der Waals surface area contributed by atoms with Crippen molar-refractivity contribution in [1.82, 2.24) is 5.32 Å². The summed E-state index contributed by atoms with van der Waals surface area (Å²) in [4.78, 5) is 0. The molecule has 3 heteroatoms. The molecule has 0 spiro atoms. The van der Waals surface area contributed by atoms with Gasteiger partial charge in [0.25, 0.3) is 0 Å². The van der Waals surface area contributed by atoms with Crippen LogP contribution in [0.25, 0.3) is 0 Å². The van der Waals surface area contributed by atoms with Gasteiger partial charge < -0.3 is 15.5 Å². The Balaban J connectivity index is 4.16. The Morgan fingerprint density at radius 1 is 1.12 bits per heavy atom. The minimum Gasteiger partial charge on any atom is -0.396 e. The van der Waals surface area contributed by atoms with Crippen LogP contribution < -0.4 is 5.32 Å². The summed E-state index contributed by atoms with van der Waals surface area (Å²) >= 11 is 0. The van der Waals surface area contributed by atoms with E-state index < -0.39 is 0 Å². The summed E-state index contributed by atoms with van der Waals surface area (Å²) in [6.07, 6.45) is 2.91. The maximum absolute atomic E-state index is 9.44. The molecule has 0 aliphatic heterocycles. The molecule has 0 aromatic heterocycles. The zero-order valence-corrected chi connectivity index (χ0v) is 11.3. The van der Waals surface area contributed by atoms with Gasteiger partial charge in [0.15, 0.2) is 0 Å². The second kappa shape index (κ2) is 8.04. The Morgan fingerprint density at radius 3 is 2.00 bits per heavy atom. The number of aliphatic hydroxyl groups is 2. The average molecular weight is 231 g/mol. The molecule has 0 aliphatic rings. The van der Waals surface area contributed by atoms with Crippen LogP contribution in [0.1, 0.15) is 47.0 Å². The second-order valence-corrected chi connectivity index (χ2v) is 5.26. The molecular formula is C13H29NO2. The molecule has 0 aromatic rings. The number of nitrogens with one attached hydrogen (secondary N) is 1. The van der Waals surface area contributed by atoms with Crippen LogP contribution in [-0.4, -0.2) is 36.0 Å². The fourth-order valence-electron chi connectivity index (χ4n) is 1.93. The van der Waals surface area contributed by atoms with Crippen LogP contribution in [0.2, 0.25) is 0 Å². The third-order valence-corrected chi connectivity index (χ3v) is 3.58. The minimum absolute atomic E-state index is 0.0234. The van der Waals surface area contributed by atoms with Crippen molar-refractivity contribution in [3.05, 3.63) is 0 Å². The van der Waals surface area contributed by atoms with Crippen LogP contribution in [0.3, 0.4) is 0 Å². The van der Waals surface area contributed by atoms with Crippen LogP contribution in [0.5, 0.6) is 0 Å². The predicted octanol–water partition coefficient (Wildman–Crippen LogP) is 1.78. The molecule has 1 unspecified atom stereocenters. The lowest BCUT2D eigenvalue weighted by atomic mass is 9.83. The van der Waals surface area contributed by atoms with Crippen LogP contribution in [-0.2, 0) is 0 Å². The predicted molar refractivity (Wildman–Crippen MR) is 68.4 cm³/mol. The molecule has 0 radical (unpaired) electrons. The lowest BCUT2D eigenvalue weighted by Gasteiger charge is -2.32. The number of aliphatic hydroxyl groups excluding tert-OH is 2. The van der Waals surface area contributed by atoms with E-state index in [4.69, 9.17) is 0 Å². The van der Waals surface area contributed by atoms with Gasteiger partial charge in [-0.05, 0) is 25.2 Å². The summed E-state index contributed by atoms with van der Waals surface area (Å²) in [5.41, 5.74) is -0.0234. The Hall–Kier alpha value is -0.120. The van der Waals surface area contributed by atoms with Gasteiger partial charge in [0.2, 0.25) is 0 Å². The molecule has 0 fully saturated rings. The molecule has 0 heterocycles. The molecule has 1 atom stereocenters. The highest BCUT2D eigenvalue weighted by Crippen LogP contribution is 2.24. The molecule has 0 saturated carbocycles. The summed E-state index contributed by atoms with van der Waals surface area (Å²) < 4.78 is 0. The van der Waals surface area contributed by atoms with Crippen molar-refractivity contribution in [2.75, 3.05) is 19.8 Å². The van der Waals surface area contributed by atoms with Gasteiger partial charge >= 0.3 is 0 Å². The van der Waals surface area contributed by atoms with Gasteiger partial charge in [0.1, 0.15) is 0 Å². The average Bonchev–Trinajstić information content (AvgIpc) is 2.29. The van der Waals surface area contributed by atoms with E-state index in [1.54, 1.807) is 0 Å². The minimum atomic E-state index is -0.0234. The van der Waals surface area contributed by atoms with E-state index in [0.717, 1.165) is 25.8 Å². The van der Waals surface area contributed by atoms with E-state index in [-0.39, 0.29) is 24.7 Å². The molecule has 16 heavy (non-hydrogen) atoms. The molecule has 0 aromatic carbocycles. The normalized spacial score (nSPS) is 14.4. The van der Waals surface area contributed by atoms with Crippen molar-refractivity contribution in [3.63, 3.8) is 0 Å². The number of hydrogen-bond acceptors (Lipinski definition) is 3. The molecule has 0 aliphatic carbocycles. The van der Waals surface area contributed by atoms with Gasteiger partial charge in [-0.1, -0.05) is 27.7 Å². The Labute approximate surface area is 100 Å². The van der Waals surface area contributed by atoms with Crippen LogP contribution >= 0.6 is 0 Å². The highest BCUT2D eigenvalue weighted by atomic mass is 16.3. The lowest BCUT2D eigenvalue weighted by Crippen LogP contribution is -2.43. The van der Waals surface area contributed by atoms with E-state index in [0.29, 0.717) is 5.92 Å². The highest BCUT2D eigenvalue weighted by Gasteiger charge is 2.26. The first-order valence-electron chi connectivity index (χ1n) is 6.48. The van der Waals surface area contributed by atoms with Crippen molar-refractivity contribution in [1.29, 1.82) is 0 Å². The molecule has 98 valence electrons. The van der Waals surface area contributed by atoms with E-state index >= 15 is 0 Å². The van der Waals surface area contributed by atoms with Gasteiger partial charge in [-0.3, -0.25) is 0 Å². The maximum atomic E-state index is 9.44. The smallest absolute Gasteiger partial charge is 0.0584 e. The van der Waals surface area contributed by atoms with E-state index in [1.807, 2.05) is 0 Å². The standard InChI is InChI=1S/C13H29NO2/c1-5-13(6-2,10-16)9-14-12(8-15)7-11(3)4/h11-12,14-16H,5-10H2,1-4H3. The van der Waals surface area contributed by atoms with E-state index in [1.165, 1.54) is 0 Å². The van der Waals surface area contributed by atoms with Gasteiger partial charge in [-0.2, -0.15) is 0 Å². The summed E-state index contributed by atoms with van der Waals surface area (Å²) in [6, 6.07) is 0.157. The van der Waals surface area contributed by atoms with Crippen molar-refractivity contribution in [2.24, 2.45) is 11.3 Å². The molecule has 0 bridgehead atoms. The Kier molecular flexibility index (Phi) is 7.98. The molecule has 3 nitrogen and oxygen atoms in total. The number of rotatable bonds is 9. The monoisotopic (exact) mass is 231 g/mol. The van der Waals surface area contributed by atoms with Crippen molar-refractivity contribution >= 4 is 0 Å². The SMILES string of the molecule is CCC(CC)(CO)CNC(CO)CC(C)C. The van der Waals surface area contributed by atoms with Crippen molar-refractivity contribution < 1.29 is 10.2 Å². The largest absolute Gasteiger partial charge is 0.396 e. The zero-order chi connectivity index (χ0) is 12.6. The second-order valence-electron chi connectivity index (χ2n) is 5.26. The molecule has 0 amide bonds. The topological polar surface area (TPSA) is 52.5 Å². The van der Waals surface area contributed by atoms with Gasteiger partial charge in [-0.15, -0.1) is 0 Å². The van der Waals surface area contributed by atoms with Crippen LogP contribution in [0, 0.1) is 11.3 Å². The first-order valence-corrected chi connectivity index (χ1v) is 6.48. The third-order valence-electron chi connectivity index (χ3n) is 3.58. The first kappa shape index (κ1) is 15.9. The summed E-state index contributed by atoms with van der Waals surface area (Å²) in [5, 5.41) is 22.1. The van der Waals surface area contributed by atoms with Crippen LogP contribution in [0.4, 0.5) is 0 Å². The quantitative estimate of drug-likeness (QED) is 0.567. The lowest BCUT2D eigenvalue weighted by molar-refractivity contribution is 0.102. The Morgan fingerprint density at radius 2 is 1.69 bits per heavy atom. The highest BCUT2D eigenvalue weighted by molar-refractivity contribution is 4.80. The number of hydrogen-bond donors (Lipinski definition) is 3. The zero-order valence-electron chi connectivity index (χ0n) is 11.3. The summed E-state index contributed by atoms with van der Waals surface area (Å²) in [6.45, 7) is 9.70. The van der Waals surface area contributed by atoms with Gasteiger partial charge in [0, 0.05) is 24.6 Å². The van der Waals surface area contributed by atoms with Crippen LogP contribution in [0.15, 0.2) is 0 Å². The first-order chi connectivity index (χ1) is 7.53. The van der Waals surface area contributed by atoms with Gasteiger partial charge in [0.05, 0.1) is 6.61 Å². The Bertz CT molecular complexity index is 159.